The summed E-state index contributed by atoms with van der Waals surface area (Å²) in [5.74, 6) is 0.0452. The van der Waals surface area contributed by atoms with Crippen LogP contribution in [0.3, 0.4) is 0 Å². The number of aryl methyl sites for hydroxylation is 1. The molecular weight excluding hydrogens is 425 g/mol. The molecule has 0 saturated carbocycles. The van der Waals surface area contributed by atoms with Crippen LogP contribution in [0.2, 0.25) is 0 Å². The highest BCUT2D eigenvalue weighted by Crippen LogP contribution is 2.36. The van der Waals surface area contributed by atoms with Crippen molar-refractivity contribution in [3.63, 3.8) is 0 Å². The summed E-state index contributed by atoms with van der Waals surface area (Å²) >= 11 is 0. The summed E-state index contributed by atoms with van der Waals surface area (Å²) in [6.07, 6.45) is 9.73. The third-order valence-corrected chi connectivity index (χ3v) is 6.31. The van der Waals surface area contributed by atoms with Crippen molar-refractivity contribution in [1.29, 1.82) is 0 Å². The molecule has 34 heavy (non-hydrogen) atoms. The SMILES string of the molecule is Cc1ccc(-c2ccccc2F)c2cc(-c3[nH]nc4ncc(C5=C[C@@H](C)C=CN=C5)cc34)[nH]c12. The fraction of sp³-hybridized carbons (Fsp3) is 0.107. The number of aromatic amines is 2. The van der Waals surface area contributed by atoms with E-state index in [1.54, 1.807) is 6.07 Å². The Hall–Kier alpha value is -4.32. The van der Waals surface area contributed by atoms with Crippen LogP contribution in [-0.4, -0.2) is 26.4 Å². The molecule has 166 valence electrons. The number of pyridine rings is 1. The first-order valence-electron chi connectivity index (χ1n) is 11.2. The Balaban J connectivity index is 1.52. The molecule has 4 heterocycles. The lowest BCUT2D eigenvalue weighted by Gasteiger charge is -2.06. The first-order valence-corrected chi connectivity index (χ1v) is 11.2. The Morgan fingerprint density at radius 3 is 2.76 bits per heavy atom. The molecule has 0 saturated heterocycles. The molecule has 6 heteroatoms. The molecule has 0 amide bonds. The smallest absolute Gasteiger partial charge is 0.181 e. The monoisotopic (exact) mass is 447 g/mol. The molecule has 2 N–H and O–H groups in total. The second-order valence-corrected chi connectivity index (χ2v) is 8.68. The van der Waals surface area contributed by atoms with Crippen molar-refractivity contribution < 1.29 is 4.39 Å². The summed E-state index contributed by atoms with van der Waals surface area (Å²) in [5.41, 5.74) is 7.86. The molecule has 6 rings (SSSR count). The lowest BCUT2D eigenvalue weighted by Crippen LogP contribution is -1.91. The van der Waals surface area contributed by atoms with E-state index < -0.39 is 0 Å². The van der Waals surface area contributed by atoms with Gasteiger partial charge in [0.1, 0.15) is 5.82 Å². The minimum atomic E-state index is -0.238. The number of hydrogen-bond acceptors (Lipinski definition) is 3. The summed E-state index contributed by atoms with van der Waals surface area (Å²) < 4.78 is 14.6. The molecule has 1 atom stereocenters. The molecule has 0 unspecified atom stereocenters. The fourth-order valence-corrected chi connectivity index (χ4v) is 4.53. The molecule has 5 nitrogen and oxygen atoms in total. The number of hydrogen-bond donors (Lipinski definition) is 2. The maximum atomic E-state index is 14.6. The van der Waals surface area contributed by atoms with Crippen LogP contribution < -0.4 is 0 Å². The fourth-order valence-electron chi connectivity index (χ4n) is 4.53. The largest absolute Gasteiger partial charge is 0.353 e. The summed E-state index contributed by atoms with van der Waals surface area (Å²) in [6, 6.07) is 15.0. The standard InChI is InChI=1S/C28H22FN5/c1-16-9-10-30-14-18(11-16)19-12-23-27(33-34-28(23)31-15-19)25-13-22-20(8-7-17(2)26(22)32-25)21-5-3-4-6-24(21)29/h3-16,32H,1-2H3,(H,31,33,34)/t16-/m0/s1. The summed E-state index contributed by atoms with van der Waals surface area (Å²) in [7, 11) is 0. The first-order chi connectivity index (χ1) is 16.6. The minimum absolute atomic E-state index is 0.238. The molecule has 0 fully saturated rings. The van der Waals surface area contributed by atoms with Gasteiger partial charge in [-0.2, -0.15) is 5.10 Å². The van der Waals surface area contributed by atoms with Gasteiger partial charge in [-0.25, -0.2) is 9.37 Å². The average Bonchev–Trinajstić information content (AvgIpc) is 3.40. The maximum Gasteiger partial charge on any atom is 0.181 e. The van der Waals surface area contributed by atoms with Gasteiger partial charge in [0, 0.05) is 46.0 Å². The Kier molecular flexibility index (Phi) is 4.73. The second kappa shape index (κ2) is 7.92. The number of aromatic nitrogens is 4. The lowest BCUT2D eigenvalue weighted by molar-refractivity contribution is 0.631. The zero-order valence-electron chi connectivity index (χ0n) is 18.8. The predicted octanol–water partition coefficient (Wildman–Crippen LogP) is 6.84. The van der Waals surface area contributed by atoms with Gasteiger partial charge in [0.25, 0.3) is 0 Å². The maximum absolute atomic E-state index is 14.6. The molecule has 1 aliphatic heterocycles. The van der Waals surface area contributed by atoms with Gasteiger partial charge in [0.05, 0.1) is 11.4 Å². The number of fused-ring (bicyclic) bond motifs is 2. The molecule has 0 bridgehead atoms. The molecule has 2 aromatic carbocycles. The van der Waals surface area contributed by atoms with E-state index in [-0.39, 0.29) is 11.7 Å². The van der Waals surface area contributed by atoms with Crippen molar-refractivity contribution in [1.82, 2.24) is 20.2 Å². The van der Waals surface area contributed by atoms with Gasteiger partial charge >= 0.3 is 0 Å². The van der Waals surface area contributed by atoms with Gasteiger partial charge in [-0.15, -0.1) is 0 Å². The van der Waals surface area contributed by atoms with Crippen LogP contribution >= 0.6 is 0 Å². The van der Waals surface area contributed by atoms with Gasteiger partial charge in [0.15, 0.2) is 5.65 Å². The van der Waals surface area contributed by atoms with Gasteiger partial charge in [-0.3, -0.25) is 10.1 Å². The van der Waals surface area contributed by atoms with Crippen molar-refractivity contribution in [2.24, 2.45) is 10.9 Å². The number of allylic oxidation sites excluding steroid dienone is 3. The molecule has 0 radical (unpaired) electrons. The van der Waals surface area contributed by atoms with Crippen molar-refractivity contribution >= 4 is 33.7 Å². The Morgan fingerprint density at radius 1 is 1.00 bits per heavy atom. The van der Waals surface area contributed by atoms with Gasteiger partial charge in [-0.1, -0.05) is 49.4 Å². The highest BCUT2D eigenvalue weighted by atomic mass is 19.1. The Morgan fingerprint density at radius 2 is 1.88 bits per heavy atom. The van der Waals surface area contributed by atoms with Crippen LogP contribution in [0.15, 0.2) is 78.1 Å². The van der Waals surface area contributed by atoms with E-state index >= 15 is 0 Å². The van der Waals surface area contributed by atoms with Crippen LogP contribution in [0.4, 0.5) is 4.39 Å². The van der Waals surface area contributed by atoms with E-state index in [1.807, 2.05) is 49.8 Å². The topological polar surface area (TPSA) is 69.7 Å². The average molecular weight is 448 g/mol. The minimum Gasteiger partial charge on any atom is -0.353 e. The number of nitrogens with zero attached hydrogens (tertiary/aromatic N) is 3. The number of benzene rings is 2. The first kappa shape index (κ1) is 20.3. The molecule has 1 aliphatic rings. The summed E-state index contributed by atoms with van der Waals surface area (Å²) in [5, 5.41) is 9.44. The van der Waals surface area contributed by atoms with E-state index in [2.05, 4.69) is 56.4 Å². The summed E-state index contributed by atoms with van der Waals surface area (Å²) in [4.78, 5) is 12.5. The third-order valence-electron chi connectivity index (χ3n) is 6.31. The highest BCUT2D eigenvalue weighted by molar-refractivity contribution is 6.11. The Bertz CT molecular complexity index is 1650. The lowest BCUT2D eigenvalue weighted by atomic mass is 9.99. The number of nitrogens with one attached hydrogen (secondary N) is 2. The Labute approximate surface area is 195 Å². The van der Waals surface area contributed by atoms with E-state index in [1.165, 1.54) is 6.07 Å². The number of H-pyrrole nitrogens is 2. The third kappa shape index (κ3) is 3.35. The van der Waals surface area contributed by atoms with Crippen molar-refractivity contribution in [2.45, 2.75) is 13.8 Å². The van der Waals surface area contributed by atoms with E-state index in [0.717, 1.165) is 49.9 Å². The van der Waals surface area contributed by atoms with Gasteiger partial charge in [0.2, 0.25) is 0 Å². The quantitative estimate of drug-likeness (QED) is 0.318. The van der Waals surface area contributed by atoms with E-state index in [4.69, 9.17) is 0 Å². The van der Waals surface area contributed by atoms with E-state index in [0.29, 0.717) is 11.2 Å². The van der Waals surface area contributed by atoms with E-state index in [9.17, 15) is 4.39 Å². The van der Waals surface area contributed by atoms with Crippen LogP contribution in [-0.2, 0) is 0 Å². The molecule has 0 spiro atoms. The second-order valence-electron chi connectivity index (χ2n) is 8.68. The predicted molar refractivity (Wildman–Crippen MR) is 136 cm³/mol. The van der Waals surface area contributed by atoms with Gasteiger partial charge < -0.3 is 4.98 Å². The molecule has 3 aromatic heterocycles. The van der Waals surface area contributed by atoms with Crippen LogP contribution in [0.5, 0.6) is 0 Å². The zero-order valence-corrected chi connectivity index (χ0v) is 18.8. The van der Waals surface area contributed by atoms with Crippen molar-refractivity contribution in [2.75, 3.05) is 0 Å². The van der Waals surface area contributed by atoms with Crippen LogP contribution in [0.1, 0.15) is 18.1 Å². The highest BCUT2D eigenvalue weighted by Gasteiger charge is 2.17. The summed E-state index contributed by atoms with van der Waals surface area (Å²) in [6.45, 7) is 4.17. The zero-order chi connectivity index (χ0) is 23.2. The molecular formula is C28H22FN5. The van der Waals surface area contributed by atoms with Crippen molar-refractivity contribution in [3.8, 4) is 22.5 Å². The number of rotatable bonds is 3. The van der Waals surface area contributed by atoms with Crippen molar-refractivity contribution in [3.05, 3.63) is 90.0 Å². The molecule has 5 aromatic rings. The van der Waals surface area contributed by atoms with Gasteiger partial charge in [-0.05, 0) is 47.7 Å². The molecule has 0 aliphatic carbocycles. The van der Waals surface area contributed by atoms with Crippen LogP contribution in [0.25, 0.3) is 50.0 Å². The number of halogens is 1. The number of aliphatic imine (C=N–C) groups is 1. The normalized spacial score (nSPS) is 15.7. The van der Waals surface area contributed by atoms with Crippen LogP contribution in [0, 0.1) is 18.7 Å².